The fourth-order valence-electron chi connectivity index (χ4n) is 3.39. The number of likely N-dealkylation sites (tertiary alicyclic amines) is 1. The zero-order valence-electron chi connectivity index (χ0n) is 14.9. The average Bonchev–Trinajstić information content (AvgIpc) is 3.10. The van der Waals surface area contributed by atoms with E-state index in [4.69, 9.17) is 15.2 Å². The third kappa shape index (κ3) is 4.63. The molecule has 0 spiro atoms. The van der Waals surface area contributed by atoms with Crippen molar-refractivity contribution in [3.8, 4) is 11.5 Å². The van der Waals surface area contributed by atoms with Crippen molar-refractivity contribution in [2.24, 2.45) is 5.73 Å². The average molecular weight is 334 g/mol. The van der Waals surface area contributed by atoms with Crippen LogP contribution in [0.5, 0.6) is 11.5 Å². The second kappa shape index (κ2) is 9.52. The van der Waals surface area contributed by atoms with Gasteiger partial charge < -0.3 is 20.1 Å². The van der Waals surface area contributed by atoms with Gasteiger partial charge in [-0.1, -0.05) is 18.9 Å². The quantitative estimate of drug-likeness (QED) is 0.704. The van der Waals surface area contributed by atoms with Gasteiger partial charge in [0.15, 0.2) is 11.5 Å². The summed E-state index contributed by atoms with van der Waals surface area (Å²) in [5, 5.41) is 0. The lowest BCUT2D eigenvalue weighted by atomic mass is 10.0. The van der Waals surface area contributed by atoms with Crippen molar-refractivity contribution < 1.29 is 14.3 Å². The summed E-state index contributed by atoms with van der Waals surface area (Å²) in [5.74, 6) is 1.70. The summed E-state index contributed by atoms with van der Waals surface area (Å²) in [6.45, 7) is 1.59. The van der Waals surface area contributed by atoms with E-state index in [1.807, 2.05) is 23.1 Å². The molecular weight excluding hydrogens is 304 g/mol. The predicted octanol–water partition coefficient (Wildman–Crippen LogP) is 3.28. The van der Waals surface area contributed by atoms with E-state index in [2.05, 4.69) is 0 Å². The van der Waals surface area contributed by atoms with E-state index in [1.54, 1.807) is 14.2 Å². The molecule has 0 aliphatic carbocycles. The first kappa shape index (κ1) is 18.6. The lowest BCUT2D eigenvalue weighted by Crippen LogP contribution is -2.30. The van der Waals surface area contributed by atoms with Gasteiger partial charge in [-0.25, -0.2) is 0 Å². The molecular formula is C19H30N2O3. The Balaban J connectivity index is 1.98. The van der Waals surface area contributed by atoms with Crippen molar-refractivity contribution in [3.63, 3.8) is 0 Å². The molecule has 0 bridgehead atoms. The molecule has 1 heterocycles. The van der Waals surface area contributed by atoms with Gasteiger partial charge in [0.05, 0.1) is 20.3 Å². The molecule has 0 radical (unpaired) electrons. The number of carbonyl (C=O) groups is 1. The van der Waals surface area contributed by atoms with Gasteiger partial charge in [0, 0.05) is 13.0 Å². The van der Waals surface area contributed by atoms with Crippen LogP contribution in [0, 0.1) is 0 Å². The van der Waals surface area contributed by atoms with Crippen LogP contribution in [0.2, 0.25) is 0 Å². The minimum Gasteiger partial charge on any atom is -0.493 e. The van der Waals surface area contributed by atoms with Crippen LogP contribution in [0.25, 0.3) is 0 Å². The van der Waals surface area contributed by atoms with Gasteiger partial charge in [0.1, 0.15) is 0 Å². The van der Waals surface area contributed by atoms with Crippen LogP contribution in [0.15, 0.2) is 18.2 Å². The van der Waals surface area contributed by atoms with E-state index in [9.17, 15) is 4.79 Å². The van der Waals surface area contributed by atoms with E-state index in [-0.39, 0.29) is 11.9 Å². The number of nitrogens with two attached hydrogens (primary N) is 1. The normalized spacial score (nSPS) is 17.1. The van der Waals surface area contributed by atoms with Crippen LogP contribution in [0.4, 0.5) is 0 Å². The first-order valence-corrected chi connectivity index (χ1v) is 8.92. The Labute approximate surface area is 145 Å². The molecule has 134 valence electrons. The Hall–Kier alpha value is -1.75. The number of unbranched alkanes of at least 4 members (excludes halogenated alkanes) is 3. The zero-order valence-corrected chi connectivity index (χ0v) is 14.9. The van der Waals surface area contributed by atoms with E-state index >= 15 is 0 Å². The Kier molecular flexibility index (Phi) is 7.37. The Bertz CT molecular complexity index is 533. The third-order valence-electron chi connectivity index (χ3n) is 4.71. The topological polar surface area (TPSA) is 64.8 Å². The number of methoxy groups -OCH3 is 2. The molecule has 1 atom stereocenters. The van der Waals surface area contributed by atoms with Crippen LogP contribution >= 0.6 is 0 Å². The first-order chi connectivity index (χ1) is 11.7. The fourth-order valence-corrected chi connectivity index (χ4v) is 3.39. The minimum atomic E-state index is 0.154. The molecule has 1 fully saturated rings. The molecule has 1 amide bonds. The smallest absolute Gasteiger partial charge is 0.223 e. The summed E-state index contributed by atoms with van der Waals surface area (Å²) < 4.78 is 10.7. The van der Waals surface area contributed by atoms with Crippen LogP contribution in [0.3, 0.4) is 0 Å². The van der Waals surface area contributed by atoms with E-state index in [1.165, 1.54) is 0 Å². The monoisotopic (exact) mass is 334 g/mol. The maximum atomic E-state index is 12.6. The van der Waals surface area contributed by atoms with Gasteiger partial charge in [0.2, 0.25) is 5.91 Å². The van der Waals surface area contributed by atoms with Crippen molar-refractivity contribution in [2.75, 3.05) is 27.3 Å². The molecule has 2 rings (SSSR count). The van der Waals surface area contributed by atoms with Crippen LogP contribution in [-0.2, 0) is 4.79 Å². The van der Waals surface area contributed by atoms with Gasteiger partial charge in [-0.05, 0) is 49.9 Å². The molecule has 5 heteroatoms. The maximum Gasteiger partial charge on any atom is 0.223 e. The molecule has 1 aliphatic heterocycles. The number of nitrogens with zero attached hydrogens (tertiary/aromatic N) is 1. The second-order valence-electron chi connectivity index (χ2n) is 6.31. The molecule has 0 aromatic heterocycles. The van der Waals surface area contributed by atoms with Gasteiger partial charge in [-0.2, -0.15) is 0 Å². The molecule has 2 N–H and O–H groups in total. The number of hydrogen-bond acceptors (Lipinski definition) is 4. The first-order valence-electron chi connectivity index (χ1n) is 8.92. The highest BCUT2D eigenvalue weighted by Crippen LogP contribution is 2.37. The van der Waals surface area contributed by atoms with Crippen LogP contribution in [-0.4, -0.2) is 38.1 Å². The summed E-state index contributed by atoms with van der Waals surface area (Å²) in [4.78, 5) is 14.6. The molecule has 1 aromatic carbocycles. The highest BCUT2D eigenvalue weighted by atomic mass is 16.5. The number of carbonyl (C=O) groups excluding carboxylic acids is 1. The van der Waals surface area contributed by atoms with Crippen molar-refractivity contribution in [2.45, 2.75) is 51.0 Å². The molecule has 1 aromatic rings. The third-order valence-corrected chi connectivity index (χ3v) is 4.71. The number of hydrogen-bond donors (Lipinski definition) is 1. The number of benzene rings is 1. The van der Waals surface area contributed by atoms with Crippen molar-refractivity contribution in [1.29, 1.82) is 0 Å². The SMILES string of the molecule is COc1ccc(C2CCCN2C(=O)CCCCCCN)cc1OC. The second-order valence-corrected chi connectivity index (χ2v) is 6.31. The molecule has 1 saturated heterocycles. The summed E-state index contributed by atoms with van der Waals surface area (Å²) in [6.07, 6.45) is 6.89. The summed E-state index contributed by atoms with van der Waals surface area (Å²) >= 11 is 0. The van der Waals surface area contributed by atoms with Crippen molar-refractivity contribution in [3.05, 3.63) is 23.8 Å². The molecule has 1 aliphatic rings. The summed E-state index contributed by atoms with van der Waals surface area (Å²) in [5.41, 5.74) is 6.63. The molecule has 1 unspecified atom stereocenters. The zero-order chi connectivity index (χ0) is 17.4. The van der Waals surface area contributed by atoms with Crippen molar-refractivity contribution in [1.82, 2.24) is 4.90 Å². The standard InChI is InChI=1S/C19H30N2O3/c1-23-17-11-10-15(14-18(17)24-2)16-8-7-13-21(16)19(22)9-5-3-4-6-12-20/h10-11,14,16H,3-9,12-13,20H2,1-2H3. The van der Waals surface area contributed by atoms with E-state index < -0.39 is 0 Å². The summed E-state index contributed by atoms with van der Waals surface area (Å²) in [6, 6.07) is 6.11. The summed E-state index contributed by atoms with van der Waals surface area (Å²) in [7, 11) is 3.27. The predicted molar refractivity (Wildman–Crippen MR) is 95.4 cm³/mol. The molecule has 0 saturated carbocycles. The largest absolute Gasteiger partial charge is 0.493 e. The molecule has 24 heavy (non-hydrogen) atoms. The Morgan fingerprint density at radius 2 is 1.92 bits per heavy atom. The van der Waals surface area contributed by atoms with E-state index in [0.29, 0.717) is 6.42 Å². The lowest BCUT2D eigenvalue weighted by Gasteiger charge is -2.26. The molecule has 5 nitrogen and oxygen atoms in total. The highest BCUT2D eigenvalue weighted by molar-refractivity contribution is 5.77. The van der Waals surface area contributed by atoms with Gasteiger partial charge in [-0.15, -0.1) is 0 Å². The van der Waals surface area contributed by atoms with Gasteiger partial charge in [0.25, 0.3) is 0 Å². The van der Waals surface area contributed by atoms with Crippen LogP contribution in [0.1, 0.15) is 56.6 Å². The minimum absolute atomic E-state index is 0.154. The van der Waals surface area contributed by atoms with Gasteiger partial charge >= 0.3 is 0 Å². The number of ether oxygens (including phenoxy) is 2. The lowest BCUT2D eigenvalue weighted by molar-refractivity contribution is -0.132. The number of amides is 1. The maximum absolute atomic E-state index is 12.6. The fraction of sp³-hybridized carbons (Fsp3) is 0.632. The number of rotatable bonds is 9. The van der Waals surface area contributed by atoms with E-state index in [0.717, 1.165) is 68.7 Å². The van der Waals surface area contributed by atoms with Crippen molar-refractivity contribution >= 4 is 5.91 Å². The Morgan fingerprint density at radius 1 is 1.17 bits per heavy atom. The van der Waals surface area contributed by atoms with Crippen LogP contribution < -0.4 is 15.2 Å². The highest BCUT2D eigenvalue weighted by Gasteiger charge is 2.30. The Morgan fingerprint density at radius 3 is 2.62 bits per heavy atom. The van der Waals surface area contributed by atoms with Gasteiger partial charge in [-0.3, -0.25) is 4.79 Å².